The van der Waals surface area contributed by atoms with E-state index >= 15 is 0 Å². The van der Waals surface area contributed by atoms with Gasteiger partial charge in [0.25, 0.3) is 0 Å². The molecule has 3 N–H and O–H groups in total. The predicted molar refractivity (Wildman–Crippen MR) is 66.3 cm³/mol. The molecule has 19 heavy (non-hydrogen) atoms. The topological polar surface area (TPSA) is 55.1 Å². The van der Waals surface area contributed by atoms with E-state index < -0.39 is 23.6 Å². The zero-order valence-corrected chi connectivity index (χ0v) is 10.3. The Hall–Kier alpha value is -1.72. The molecular formula is C13H15F3N2O. The molecule has 0 aromatic heterocycles. The molecule has 6 heteroatoms. The van der Waals surface area contributed by atoms with Crippen molar-refractivity contribution in [1.29, 1.82) is 0 Å². The van der Waals surface area contributed by atoms with Crippen LogP contribution in [0.2, 0.25) is 0 Å². The molecule has 1 fully saturated rings. The van der Waals surface area contributed by atoms with Gasteiger partial charge in [-0.3, -0.25) is 4.79 Å². The first kappa shape index (κ1) is 13.7. The quantitative estimate of drug-likeness (QED) is 0.812. The van der Waals surface area contributed by atoms with Gasteiger partial charge in [0.05, 0.1) is 5.69 Å². The van der Waals surface area contributed by atoms with Crippen molar-refractivity contribution >= 4 is 17.3 Å². The first-order chi connectivity index (χ1) is 8.89. The summed E-state index contributed by atoms with van der Waals surface area (Å²) in [5.74, 6) is -4.28. The molecule has 3 nitrogen and oxygen atoms in total. The molecule has 0 heterocycles. The number of rotatable bonds is 2. The van der Waals surface area contributed by atoms with Crippen LogP contribution in [0.25, 0.3) is 0 Å². The fourth-order valence-corrected chi connectivity index (χ4v) is 2.20. The molecule has 1 aliphatic rings. The third-order valence-electron chi connectivity index (χ3n) is 3.38. The van der Waals surface area contributed by atoms with Crippen LogP contribution in [0.4, 0.5) is 24.5 Å². The number of nitrogens with one attached hydrogen (secondary N) is 1. The van der Waals surface area contributed by atoms with Gasteiger partial charge in [0.15, 0.2) is 0 Å². The largest absolute Gasteiger partial charge is 0.397 e. The molecule has 1 aromatic carbocycles. The van der Waals surface area contributed by atoms with Gasteiger partial charge < -0.3 is 11.1 Å². The Bertz CT molecular complexity index is 461. The summed E-state index contributed by atoms with van der Waals surface area (Å²) < 4.78 is 39.5. The van der Waals surface area contributed by atoms with Gasteiger partial charge in [-0.2, -0.15) is 0 Å². The number of alkyl halides is 2. The van der Waals surface area contributed by atoms with Gasteiger partial charge in [0.1, 0.15) is 11.5 Å². The summed E-state index contributed by atoms with van der Waals surface area (Å²) in [6.07, 6.45) is -0.407. The van der Waals surface area contributed by atoms with Crippen molar-refractivity contribution in [3.05, 3.63) is 24.0 Å². The van der Waals surface area contributed by atoms with Crippen molar-refractivity contribution < 1.29 is 18.0 Å². The zero-order valence-electron chi connectivity index (χ0n) is 10.3. The van der Waals surface area contributed by atoms with E-state index in [2.05, 4.69) is 5.32 Å². The molecule has 1 aromatic rings. The van der Waals surface area contributed by atoms with E-state index in [9.17, 15) is 18.0 Å². The molecule has 1 saturated carbocycles. The number of carbonyl (C=O) groups excluding carboxylic acids is 1. The van der Waals surface area contributed by atoms with Crippen LogP contribution in [0.1, 0.15) is 25.7 Å². The van der Waals surface area contributed by atoms with E-state index in [1.807, 2.05) is 0 Å². The van der Waals surface area contributed by atoms with E-state index in [0.717, 1.165) is 0 Å². The molecule has 0 atom stereocenters. The summed E-state index contributed by atoms with van der Waals surface area (Å²) >= 11 is 0. The van der Waals surface area contributed by atoms with Crippen LogP contribution in [0.15, 0.2) is 18.2 Å². The van der Waals surface area contributed by atoms with Gasteiger partial charge in [-0.1, -0.05) is 6.07 Å². The number of para-hydroxylation sites is 1. The van der Waals surface area contributed by atoms with Gasteiger partial charge in [-0.15, -0.1) is 0 Å². The lowest BCUT2D eigenvalue weighted by Gasteiger charge is -2.27. The van der Waals surface area contributed by atoms with Crippen LogP contribution < -0.4 is 11.1 Å². The maximum Gasteiger partial charge on any atom is 0.248 e. The van der Waals surface area contributed by atoms with Gasteiger partial charge in [-0.25, -0.2) is 13.2 Å². The smallest absolute Gasteiger partial charge is 0.248 e. The van der Waals surface area contributed by atoms with Crippen LogP contribution in [-0.2, 0) is 4.79 Å². The van der Waals surface area contributed by atoms with Crippen molar-refractivity contribution in [2.45, 2.75) is 31.6 Å². The number of nitrogen functional groups attached to an aromatic ring is 1. The third-order valence-corrected chi connectivity index (χ3v) is 3.38. The maximum absolute atomic E-state index is 13.5. The highest BCUT2D eigenvalue weighted by Crippen LogP contribution is 2.36. The average molecular weight is 272 g/mol. The van der Waals surface area contributed by atoms with E-state index in [-0.39, 0.29) is 37.1 Å². The van der Waals surface area contributed by atoms with Gasteiger partial charge in [0, 0.05) is 18.8 Å². The highest BCUT2D eigenvalue weighted by Gasteiger charge is 2.37. The Balaban J connectivity index is 2.02. The number of carbonyl (C=O) groups is 1. The first-order valence-corrected chi connectivity index (χ1v) is 6.12. The highest BCUT2D eigenvalue weighted by atomic mass is 19.3. The molecule has 1 amide bonds. The van der Waals surface area contributed by atoms with E-state index in [4.69, 9.17) is 5.73 Å². The third kappa shape index (κ3) is 3.19. The maximum atomic E-state index is 13.5. The van der Waals surface area contributed by atoms with E-state index in [0.29, 0.717) is 0 Å². The molecule has 0 saturated heterocycles. The fraction of sp³-hybridized carbons (Fsp3) is 0.462. The molecule has 0 bridgehead atoms. The number of anilines is 2. The fourth-order valence-electron chi connectivity index (χ4n) is 2.20. The molecule has 0 unspecified atom stereocenters. The Labute approximate surface area is 109 Å². The van der Waals surface area contributed by atoms with Crippen molar-refractivity contribution in [2.75, 3.05) is 11.1 Å². The van der Waals surface area contributed by atoms with Crippen LogP contribution in [-0.4, -0.2) is 11.8 Å². The molecule has 1 aliphatic carbocycles. The number of nitrogens with two attached hydrogens (primary N) is 1. The number of halogens is 3. The second kappa shape index (κ2) is 5.11. The highest BCUT2D eigenvalue weighted by molar-refractivity contribution is 5.95. The molecule has 0 spiro atoms. The Morgan fingerprint density at radius 1 is 1.32 bits per heavy atom. The average Bonchev–Trinajstić information content (AvgIpc) is 2.33. The lowest BCUT2D eigenvalue weighted by molar-refractivity contribution is -0.124. The zero-order chi connectivity index (χ0) is 14.0. The Kier molecular flexibility index (Phi) is 3.68. The molecule has 0 radical (unpaired) electrons. The summed E-state index contributed by atoms with van der Waals surface area (Å²) in [4.78, 5) is 11.9. The number of benzene rings is 1. The number of amides is 1. The second-order valence-electron chi connectivity index (χ2n) is 4.82. The van der Waals surface area contributed by atoms with Crippen LogP contribution >= 0.6 is 0 Å². The van der Waals surface area contributed by atoms with Crippen molar-refractivity contribution in [2.24, 2.45) is 5.92 Å². The Morgan fingerprint density at radius 2 is 1.95 bits per heavy atom. The van der Waals surface area contributed by atoms with Crippen molar-refractivity contribution in [1.82, 2.24) is 0 Å². The lowest BCUT2D eigenvalue weighted by atomic mass is 9.86. The van der Waals surface area contributed by atoms with Crippen LogP contribution in [0.3, 0.4) is 0 Å². The molecular weight excluding hydrogens is 257 g/mol. The summed E-state index contributed by atoms with van der Waals surface area (Å²) in [7, 11) is 0. The van der Waals surface area contributed by atoms with Gasteiger partial charge >= 0.3 is 0 Å². The first-order valence-electron chi connectivity index (χ1n) is 6.12. The minimum Gasteiger partial charge on any atom is -0.397 e. The summed E-state index contributed by atoms with van der Waals surface area (Å²) in [6, 6.07) is 4.08. The molecule has 0 aliphatic heterocycles. The Morgan fingerprint density at radius 3 is 2.53 bits per heavy atom. The van der Waals surface area contributed by atoms with Gasteiger partial charge in [-0.05, 0) is 25.0 Å². The minimum absolute atomic E-state index is 0.0789. The van der Waals surface area contributed by atoms with Crippen molar-refractivity contribution in [3.8, 4) is 0 Å². The van der Waals surface area contributed by atoms with E-state index in [1.54, 1.807) is 0 Å². The van der Waals surface area contributed by atoms with E-state index in [1.165, 1.54) is 18.2 Å². The monoisotopic (exact) mass is 272 g/mol. The lowest BCUT2D eigenvalue weighted by Crippen LogP contribution is -2.32. The normalized spacial score (nSPS) is 19.1. The minimum atomic E-state index is -2.69. The summed E-state index contributed by atoms with van der Waals surface area (Å²) in [6.45, 7) is 0. The number of hydrogen-bond donors (Lipinski definition) is 2. The second-order valence-corrected chi connectivity index (χ2v) is 4.82. The number of hydrogen-bond acceptors (Lipinski definition) is 2. The SMILES string of the molecule is Nc1cccc(F)c1NC(=O)C1CCC(F)(F)CC1. The molecule has 104 valence electrons. The molecule has 2 rings (SSSR count). The summed E-state index contributed by atoms with van der Waals surface area (Å²) in [5.41, 5.74) is 5.61. The van der Waals surface area contributed by atoms with Crippen LogP contribution in [0, 0.1) is 11.7 Å². The standard InChI is InChI=1S/C13H15F3N2O/c14-9-2-1-3-10(17)11(9)18-12(19)8-4-6-13(15,16)7-5-8/h1-3,8H,4-7,17H2,(H,18,19). The summed E-state index contributed by atoms with van der Waals surface area (Å²) in [5, 5.41) is 2.39. The van der Waals surface area contributed by atoms with Gasteiger partial charge in [0.2, 0.25) is 11.8 Å². The van der Waals surface area contributed by atoms with Crippen LogP contribution in [0.5, 0.6) is 0 Å². The van der Waals surface area contributed by atoms with Crippen molar-refractivity contribution in [3.63, 3.8) is 0 Å². The predicted octanol–water partition coefficient (Wildman–Crippen LogP) is 3.17.